The number of rotatable bonds is 8. The van der Waals surface area contributed by atoms with Gasteiger partial charge in [0, 0.05) is 7.05 Å². The molecular formula is C24H38N2O2. The standard InChI is InChI=1S/C24H38N2O2/c1-16(2)18(5)14-15-19(6)23(25-8)22(17(3)4)26-24(27)28-20(7)21-12-10-9-11-13-21/h14-15,20-21,25H,3,6,9-13H2,1-2,4-5,7-8H3,(H,26,27)/b15-14-,23-22+. The Morgan fingerprint density at radius 3 is 2.14 bits per heavy atom. The first-order valence-corrected chi connectivity index (χ1v) is 10.2. The molecule has 0 aromatic rings. The zero-order valence-electron chi connectivity index (χ0n) is 18.6. The Hall–Kier alpha value is -2.23. The number of alkyl carbamates (subject to hydrolysis) is 1. The number of allylic oxidation sites excluding steroid dienone is 5. The van der Waals surface area contributed by atoms with Gasteiger partial charge in [0.25, 0.3) is 0 Å². The number of hydrogen-bond acceptors (Lipinski definition) is 3. The smallest absolute Gasteiger partial charge is 0.411 e. The van der Waals surface area contributed by atoms with E-state index in [4.69, 9.17) is 4.74 Å². The van der Waals surface area contributed by atoms with Gasteiger partial charge in [-0.2, -0.15) is 0 Å². The number of carbonyl (C=O) groups is 1. The number of ether oxygens (including phenoxy) is 1. The van der Waals surface area contributed by atoms with E-state index in [0.717, 1.165) is 29.7 Å². The predicted molar refractivity (Wildman–Crippen MR) is 119 cm³/mol. The maximum atomic E-state index is 12.5. The lowest BCUT2D eigenvalue weighted by molar-refractivity contribution is 0.0612. The van der Waals surface area contributed by atoms with Crippen LogP contribution in [-0.2, 0) is 4.74 Å². The average molecular weight is 387 g/mol. The van der Waals surface area contributed by atoms with Gasteiger partial charge in [0.05, 0.1) is 11.4 Å². The molecule has 0 spiro atoms. The molecule has 1 unspecified atom stereocenters. The summed E-state index contributed by atoms with van der Waals surface area (Å²) in [7, 11) is 1.81. The Labute approximate surface area is 171 Å². The van der Waals surface area contributed by atoms with Gasteiger partial charge in [-0.3, -0.25) is 5.32 Å². The highest BCUT2D eigenvalue weighted by Crippen LogP contribution is 2.28. The largest absolute Gasteiger partial charge is 0.446 e. The van der Waals surface area contributed by atoms with E-state index in [9.17, 15) is 4.79 Å². The molecule has 1 rings (SSSR count). The van der Waals surface area contributed by atoms with Gasteiger partial charge in [0.1, 0.15) is 6.10 Å². The summed E-state index contributed by atoms with van der Waals surface area (Å²) in [6, 6.07) is 0. The van der Waals surface area contributed by atoms with Gasteiger partial charge in [-0.05, 0) is 64.5 Å². The van der Waals surface area contributed by atoms with Crippen LogP contribution in [0, 0.1) is 5.92 Å². The predicted octanol–water partition coefficient (Wildman–Crippen LogP) is 6.16. The summed E-state index contributed by atoms with van der Waals surface area (Å²) >= 11 is 0. The molecular weight excluding hydrogens is 348 g/mol. The Kier molecular flexibility index (Phi) is 9.84. The van der Waals surface area contributed by atoms with Crippen LogP contribution in [0.3, 0.4) is 0 Å². The van der Waals surface area contributed by atoms with Crippen molar-refractivity contribution in [3.63, 3.8) is 0 Å². The summed E-state index contributed by atoms with van der Waals surface area (Å²) in [6.45, 7) is 18.2. The van der Waals surface area contributed by atoms with Crippen molar-refractivity contribution >= 4 is 6.09 Å². The highest BCUT2D eigenvalue weighted by Gasteiger charge is 2.24. The van der Waals surface area contributed by atoms with Crippen molar-refractivity contribution in [2.75, 3.05) is 7.05 Å². The Bertz CT molecular complexity index is 673. The van der Waals surface area contributed by atoms with E-state index < -0.39 is 6.09 Å². The summed E-state index contributed by atoms with van der Waals surface area (Å²) in [5.74, 6) is 0.450. The molecule has 156 valence electrons. The van der Waals surface area contributed by atoms with Crippen LogP contribution < -0.4 is 10.6 Å². The SMILES string of the molecule is C=C(C)/C(NC(=O)OC(C)C1CCCCC1)=C(\NC)C(=C)/C=C\C(C)=C(C)C. The van der Waals surface area contributed by atoms with Crippen LogP contribution in [0.4, 0.5) is 4.79 Å². The van der Waals surface area contributed by atoms with Crippen molar-refractivity contribution in [1.82, 2.24) is 10.6 Å². The molecule has 4 heteroatoms. The first-order valence-electron chi connectivity index (χ1n) is 10.2. The maximum Gasteiger partial charge on any atom is 0.411 e. The van der Waals surface area contributed by atoms with Crippen molar-refractivity contribution in [3.05, 3.63) is 59.0 Å². The van der Waals surface area contributed by atoms with Crippen LogP contribution >= 0.6 is 0 Å². The van der Waals surface area contributed by atoms with Crippen LogP contribution in [0.1, 0.15) is 66.7 Å². The minimum Gasteiger partial charge on any atom is -0.446 e. The molecule has 0 bridgehead atoms. The maximum absolute atomic E-state index is 12.5. The minimum atomic E-state index is -0.443. The topological polar surface area (TPSA) is 50.4 Å². The summed E-state index contributed by atoms with van der Waals surface area (Å²) in [5.41, 5.74) is 5.27. The van der Waals surface area contributed by atoms with E-state index in [1.165, 1.54) is 30.4 Å². The van der Waals surface area contributed by atoms with E-state index in [1.54, 1.807) is 0 Å². The monoisotopic (exact) mass is 386 g/mol. The number of hydrogen-bond donors (Lipinski definition) is 2. The number of amides is 1. The van der Waals surface area contributed by atoms with Gasteiger partial charge in [-0.1, -0.05) is 55.7 Å². The molecule has 0 saturated heterocycles. The normalized spacial score (nSPS) is 16.8. The van der Waals surface area contributed by atoms with Crippen LogP contribution in [0.5, 0.6) is 0 Å². The van der Waals surface area contributed by atoms with Gasteiger partial charge in [0.15, 0.2) is 0 Å². The molecule has 0 aromatic carbocycles. The first kappa shape index (κ1) is 23.8. The number of likely N-dealkylation sites (N-methyl/N-ethyl adjacent to an activating group) is 1. The fraction of sp³-hybridized carbons (Fsp3) is 0.542. The van der Waals surface area contributed by atoms with Crippen molar-refractivity contribution in [3.8, 4) is 0 Å². The molecule has 28 heavy (non-hydrogen) atoms. The van der Waals surface area contributed by atoms with Gasteiger partial charge in [-0.25, -0.2) is 4.79 Å². The Morgan fingerprint density at radius 1 is 1.04 bits per heavy atom. The molecule has 2 N–H and O–H groups in total. The van der Waals surface area contributed by atoms with Crippen LogP contribution in [0.2, 0.25) is 0 Å². The van der Waals surface area contributed by atoms with Crippen LogP contribution in [-0.4, -0.2) is 19.2 Å². The van der Waals surface area contributed by atoms with E-state index in [1.807, 2.05) is 33.0 Å². The molecule has 0 aliphatic heterocycles. The molecule has 1 atom stereocenters. The average Bonchev–Trinajstić information content (AvgIpc) is 2.66. The van der Waals surface area contributed by atoms with Gasteiger partial charge >= 0.3 is 6.09 Å². The third-order valence-electron chi connectivity index (χ3n) is 5.40. The minimum absolute atomic E-state index is 0.0897. The van der Waals surface area contributed by atoms with Crippen molar-refractivity contribution < 1.29 is 9.53 Å². The van der Waals surface area contributed by atoms with Gasteiger partial charge in [0.2, 0.25) is 0 Å². The summed E-state index contributed by atoms with van der Waals surface area (Å²) in [6.07, 6.45) is 9.41. The first-order chi connectivity index (χ1) is 13.2. The molecule has 1 aliphatic carbocycles. The highest BCUT2D eigenvalue weighted by molar-refractivity contribution is 5.72. The Balaban J connectivity index is 2.92. The molecule has 0 heterocycles. The molecule has 1 saturated carbocycles. The summed E-state index contributed by atoms with van der Waals surface area (Å²) in [5, 5.41) is 6.02. The molecule has 1 aliphatic rings. The van der Waals surface area contributed by atoms with Crippen molar-refractivity contribution in [2.45, 2.75) is 72.8 Å². The van der Waals surface area contributed by atoms with E-state index in [2.05, 4.69) is 44.6 Å². The van der Waals surface area contributed by atoms with E-state index in [0.29, 0.717) is 11.6 Å². The zero-order chi connectivity index (χ0) is 21.3. The fourth-order valence-corrected chi connectivity index (χ4v) is 3.30. The summed E-state index contributed by atoms with van der Waals surface area (Å²) < 4.78 is 5.67. The number of carbonyl (C=O) groups excluding carboxylic acids is 1. The molecule has 1 amide bonds. The van der Waals surface area contributed by atoms with E-state index >= 15 is 0 Å². The third-order valence-corrected chi connectivity index (χ3v) is 5.40. The van der Waals surface area contributed by atoms with Gasteiger partial charge < -0.3 is 10.1 Å². The molecule has 1 fully saturated rings. The second-order valence-electron chi connectivity index (χ2n) is 7.96. The fourth-order valence-electron chi connectivity index (χ4n) is 3.30. The molecule has 0 radical (unpaired) electrons. The molecule has 4 nitrogen and oxygen atoms in total. The van der Waals surface area contributed by atoms with Crippen LogP contribution in [0.25, 0.3) is 0 Å². The second kappa shape index (κ2) is 11.6. The quantitative estimate of drug-likeness (QED) is 0.491. The molecule has 0 aromatic heterocycles. The van der Waals surface area contributed by atoms with E-state index in [-0.39, 0.29) is 6.10 Å². The van der Waals surface area contributed by atoms with Crippen molar-refractivity contribution in [1.29, 1.82) is 0 Å². The second-order valence-corrected chi connectivity index (χ2v) is 7.96. The third kappa shape index (κ3) is 7.41. The number of nitrogens with one attached hydrogen (secondary N) is 2. The zero-order valence-corrected chi connectivity index (χ0v) is 18.6. The lowest BCUT2D eigenvalue weighted by Crippen LogP contribution is -2.33. The lowest BCUT2D eigenvalue weighted by Gasteiger charge is -2.27. The van der Waals surface area contributed by atoms with Gasteiger partial charge in [-0.15, -0.1) is 0 Å². The summed E-state index contributed by atoms with van der Waals surface area (Å²) in [4.78, 5) is 12.5. The van der Waals surface area contributed by atoms with Crippen molar-refractivity contribution in [2.24, 2.45) is 5.92 Å². The highest BCUT2D eigenvalue weighted by atomic mass is 16.6. The lowest BCUT2D eigenvalue weighted by atomic mass is 9.86. The van der Waals surface area contributed by atoms with Crippen LogP contribution in [0.15, 0.2) is 59.0 Å². The Morgan fingerprint density at radius 2 is 1.64 bits per heavy atom.